The van der Waals surface area contributed by atoms with E-state index in [-0.39, 0.29) is 46.0 Å². The minimum atomic E-state index is -0.571. The zero-order valence-electron chi connectivity index (χ0n) is 25.8. The van der Waals surface area contributed by atoms with E-state index in [1.807, 2.05) is 13.8 Å². The molecule has 3 aromatic rings. The average molecular weight is 594 g/mol. The highest BCUT2D eigenvalue weighted by molar-refractivity contribution is 6.09. The molecule has 43 heavy (non-hydrogen) atoms. The minimum absolute atomic E-state index is 0.0114. The molecule has 0 bridgehead atoms. The van der Waals surface area contributed by atoms with Gasteiger partial charge in [-0.05, 0) is 62.6 Å². The fraction of sp³-hybridized carbons (Fsp3) is 0.375. The molecular weight excluding hydrogens is 553 g/mol. The van der Waals surface area contributed by atoms with Crippen LogP contribution in [0, 0.1) is 19.7 Å². The predicted octanol–water partition coefficient (Wildman–Crippen LogP) is 4.82. The Morgan fingerprint density at radius 3 is 2.35 bits per heavy atom. The molecule has 1 aliphatic rings. The van der Waals surface area contributed by atoms with Gasteiger partial charge < -0.3 is 20.3 Å². The van der Waals surface area contributed by atoms with Gasteiger partial charge in [0.2, 0.25) is 6.41 Å². The van der Waals surface area contributed by atoms with Crippen LogP contribution in [-0.4, -0.2) is 61.0 Å². The van der Waals surface area contributed by atoms with Crippen molar-refractivity contribution in [1.29, 1.82) is 0 Å². The normalized spacial score (nSPS) is 12.9. The van der Waals surface area contributed by atoms with E-state index in [2.05, 4.69) is 10.6 Å². The van der Waals surface area contributed by atoms with Crippen molar-refractivity contribution >= 4 is 41.1 Å². The summed E-state index contributed by atoms with van der Waals surface area (Å²) in [6, 6.07) is 10.9. The summed E-state index contributed by atoms with van der Waals surface area (Å²) in [6.45, 7) is 8.39. The molecule has 0 atom stereocenters. The van der Waals surface area contributed by atoms with Crippen molar-refractivity contribution in [3.63, 3.8) is 0 Å². The lowest BCUT2D eigenvalue weighted by Gasteiger charge is -2.28. The molecule has 0 radical (unpaired) electrons. The summed E-state index contributed by atoms with van der Waals surface area (Å²) in [5.41, 5.74) is 0.973. The summed E-state index contributed by atoms with van der Waals surface area (Å²) in [7, 11) is 4.54. The van der Waals surface area contributed by atoms with Crippen molar-refractivity contribution in [1.82, 2.24) is 14.8 Å². The van der Waals surface area contributed by atoms with Crippen LogP contribution in [0.2, 0.25) is 0 Å². The fourth-order valence-corrected chi connectivity index (χ4v) is 4.79. The van der Waals surface area contributed by atoms with Gasteiger partial charge in [-0.2, -0.15) is 0 Å². The van der Waals surface area contributed by atoms with E-state index in [4.69, 9.17) is 4.74 Å². The highest BCUT2D eigenvalue weighted by Crippen LogP contribution is 2.36. The highest BCUT2D eigenvalue weighted by atomic mass is 19.1. The van der Waals surface area contributed by atoms with Gasteiger partial charge in [-0.1, -0.05) is 26.0 Å². The Morgan fingerprint density at radius 2 is 1.74 bits per heavy atom. The molecule has 2 aromatic carbocycles. The molecule has 0 spiro atoms. The van der Waals surface area contributed by atoms with Crippen LogP contribution in [0.4, 0.5) is 27.3 Å². The molecule has 0 saturated carbocycles. The average Bonchev–Trinajstić information content (AvgIpc) is 3.01. The Hall–Kier alpha value is -4.51. The van der Waals surface area contributed by atoms with Crippen LogP contribution >= 0.6 is 0 Å². The number of halogens is 1. The molecule has 1 aromatic heterocycles. The number of anilines is 4. The van der Waals surface area contributed by atoms with Crippen LogP contribution in [-0.2, 0) is 16.6 Å². The maximum Gasteiger partial charge on any atom is 0.259 e. The maximum atomic E-state index is 14.9. The van der Waals surface area contributed by atoms with Crippen molar-refractivity contribution in [3.8, 4) is 0 Å². The van der Waals surface area contributed by atoms with Crippen LogP contribution in [0.25, 0.3) is 0 Å². The first-order valence-corrected chi connectivity index (χ1v) is 14.2. The van der Waals surface area contributed by atoms with E-state index < -0.39 is 17.3 Å². The monoisotopic (exact) mass is 593 g/mol. The summed E-state index contributed by atoms with van der Waals surface area (Å²) < 4.78 is 21.4. The molecule has 230 valence electrons. The molecular formula is C32H40FN5O5. The number of carbonyl (C=O) groups is 3. The Bertz CT molecular complexity index is 1550. The summed E-state index contributed by atoms with van der Waals surface area (Å²) in [5, 5.41) is 5.90. The van der Waals surface area contributed by atoms with Crippen LogP contribution in [0.3, 0.4) is 0 Å². The lowest BCUT2D eigenvalue weighted by molar-refractivity contribution is -0.106. The summed E-state index contributed by atoms with van der Waals surface area (Å²) in [4.78, 5) is 55.2. The van der Waals surface area contributed by atoms with E-state index in [9.17, 15) is 23.6 Å². The maximum absolute atomic E-state index is 14.9. The number of benzene rings is 2. The summed E-state index contributed by atoms with van der Waals surface area (Å²) in [6.07, 6.45) is 1.89. The van der Waals surface area contributed by atoms with E-state index in [0.29, 0.717) is 43.6 Å². The van der Waals surface area contributed by atoms with Crippen molar-refractivity contribution in [2.45, 2.75) is 46.6 Å². The quantitative estimate of drug-likeness (QED) is 0.363. The van der Waals surface area contributed by atoms with Gasteiger partial charge in [-0.25, -0.2) is 4.39 Å². The topological polar surface area (TPSA) is 113 Å². The van der Waals surface area contributed by atoms with Gasteiger partial charge in [0.05, 0.1) is 11.4 Å². The van der Waals surface area contributed by atoms with E-state index in [0.717, 1.165) is 4.90 Å². The lowest BCUT2D eigenvalue weighted by Crippen LogP contribution is -2.39. The molecule has 10 nitrogen and oxygen atoms in total. The number of hydrogen-bond donors (Lipinski definition) is 2. The fourth-order valence-electron chi connectivity index (χ4n) is 4.79. The smallest absolute Gasteiger partial charge is 0.259 e. The van der Waals surface area contributed by atoms with Crippen LogP contribution in [0.1, 0.15) is 58.5 Å². The zero-order chi connectivity index (χ0) is 31.8. The largest absolute Gasteiger partial charge is 0.381 e. The first-order chi connectivity index (χ1) is 20.5. The van der Waals surface area contributed by atoms with Crippen LogP contribution in [0.5, 0.6) is 0 Å². The Labute approximate surface area is 251 Å². The predicted molar refractivity (Wildman–Crippen MR) is 166 cm³/mol. The van der Waals surface area contributed by atoms with Crippen molar-refractivity contribution < 1.29 is 23.5 Å². The van der Waals surface area contributed by atoms with E-state index >= 15 is 0 Å². The van der Waals surface area contributed by atoms with E-state index in [1.165, 1.54) is 55.7 Å². The molecule has 1 aliphatic heterocycles. The van der Waals surface area contributed by atoms with Gasteiger partial charge in [-0.15, -0.1) is 0 Å². The number of nitrogens with one attached hydrogen (secondary N) is 2. The number of pyridine rings is 1. The van der Waals surface area contributed by atoms with Gasteiger partial charge in [0.15, 0.2) is 0 Å². The minimum Gasteiger partial charge on any atom is -0.381 e. The number of rotatable bonds is 8. The third-order valence-electron chi connectivity index (χ3n) is 7.08. The standard InChI is InChI=1S/C30H34FN5O5.C2H6/c1-18-9-10-24(23(31)15-18)33-27-25(30(40)34(3)4)26(19(2)29(39)35(27)5)36(17-37)22-8-6-7-20(16-22)28(38)32-21-11-13-41-14-12-21;1-2/h6-10,15-17,21,33H,11-14H2,1-5H3,(H,32,38);1-2H3. The SMILES string of the molecule is CC.Cc1ccc(Nc2c(C(=O)N(C)C)c(N(C=O)c3cccc(C(=O)NC4CCOCC4)c3)c(C)c(=O)n2C)c(F)c1. The lowest BCUT2D eigenvalue weighted by atomic mass is 10.0. The Morgan fingerprint density at radius 1 is 1.07 bits per heavy atom. The summed E-state index contributed by atoms with van der Waals surface area (Å²) in [5.74, 6) is -1.39. The van der Waals surface area contributed by atoms with Gasteiger partial charge in [0, 0.05) is 57.2 Å². The van der Waals surface area contributed by atoms with Gasteiger partial charge in [0.1, 0.15) is 17.2 Å². The van der Waals surface area contributed by atoms with Crippen LogP contribution < -0.4 is 21.1 Å². The number of hydrogen-bond acceptors (Lipinski definition) is 6. The number of ether oxygens (including phenoxy) is 1. The first kappa shape index (κ1) is 33.0. The molecule has 0 unspecified atom stereocenters. The van der Waals surface area contributed by atoms with Gasteiger partial charge >= 0.3 is 0 Å². The molecule has 3 amide bonds. The number of aromatic nitrogens is 1. The van der Waals surface area contributed by atoms with Gasteiger partial charge in [0.25, 0.3) is 17.4 Å². The summed E-state index contributed by atoms with van der Waals surface area (Å²) >= 11 is 0. The first-order valence-electron chi connectivity index (χ1n) is 14.2. The number of amides is 3. The highest BCUT2D eigenvalue weighted by Gasteiger charge is 2.30. The number of nitrogens with zero attached hydrogens (tertiary/aromatic N) is 3. The molecule has 11 heteroatoms. The molecule has 0 aliphatic carbocycles. The third kappa shape index (κ3) is 7.29. The van der Waals surface area contributed by atoms with Crippen molar-refractivity contribution in [2.24, 2.45) is 7.05 Å². The molecule has 2 N–H and O–H groups in total. The Balaban J connectivity index is 0.00000248. The molecule has 4 rings (SSSR count). The van der Waals surface area contributed by atoms with Gasteiger partial charge in [-0.3, -0.25) is 28.6 Å². The van der Waals surface area contributed by atoms with E-state index in [1.54, 1.807) is 31.2 Å². The number of carbonyl (C=O) groups excluding carboxylic acids is 3. The molecule has 1 fully saturated rings. The van der Waals surface area contributed by atoms with Crippen molar-refractivity contribution in [3.05, 3.63) is 80.9 Å². The van der Waals surface area contributed by atoms with Crippen molar-refractivity contribution in [2.75, 3.05) is 37.5 Å². The zero-order valence-corrected chi connectivity index (χ0v) is 25.8. The number of aryl methyl sites for hydroxylation is 1. The van der Waals surface area contributed by atoms with Crippen LogP contribution in [0.15, 0.2) is 47.3 Å². The molecule has 2 heterocycles. The molecule has 1 saturated heterocycles. The second-order valence-corrected chi connectivity index (χ2v) is 10.3. The third-order valence-corrected chi connectivity index (χ3v) is 7.08. The Kier molecular flexibility index (Phi) is 11.2. The second-order valence-electron chi connectivity index (χ2n) is 10.3. The second kappa shape index (κ2) is 14.6.